The van der Waals surface area contributed by atoms with Crippen LogP contribution in [0.1, 0.15) is 54.9 Å². The van der Waals surface area contributed by atoms with Gasteiger partial charge in [-0.3, -0.25) is 9.69 Å². The molecule has 1 fully saturated rings. The predicted octanol–water partition coefficient (Wildman–Crippen LogP) is 2.66. The van der Waals surface area contributed by atoms with Gasteiger partial charge in [0, 0.05) is 12.6 Å². The topological polar surface area (TPSA) is 170 Å². The van der Waals surface area contributed by atoms with Crippen LogP contribution >= 0.6 is 28.3 Å². The molecule has 1 aliphatic rings. The third-order valence-corrected chi connectivity index (χ3v) is 6.30. The molecule has 4 rings (SSSR count). The largest absolute Gasteiger partial charge is 0.503 e. The fourth-order valence-corrected chi connectivity index (χ4v) is 4.32. The summed E-state index contributed by atoms with van der Waals surface area (Å²) in [7, 11) is 0. The average Bonchev–Trinajstić information content (AvgIpc) is 3.44. The number of carbonyl (C=O) groups excluding carboxylic acids is 1. The highest BCUT2D eigenvalue weighted by molar-refractivity contribution is 9.10. The Kier molecular flexibility index (Phi) is 9.23. The molecular weight excluding hydrogens is 558 g/mol. The van der Waals surface area contributed by atoms with E-state index >= 15 is 0 Å². The monoisotopic (exact) mass is 583 g/mol. The highest BCUT2D eigenvalue weighted by atomic mass is 79.9. The molecule has 0 bridgehead atoms. The molecule has 36 heavy (non-hydrogen) atoms. The number of nitrogens with zero attached hydrogens (tertiary/aromatic N) is 7. The number of carbonyl (C=O) groups is 1. The molecule has 15 heteroatoms. The van der Waals surface area contributed by atoms with Crippen molar-refractivity contribution in [1.82, 2.24) is 35.6 Å². The third-order valence-electron chi connectivity index (χ3n) is 5.70. The first kappa shape index (κ1) is 27.4. The Morgan fingerprint density at radius 3 is 2.92 bits per heavy atom. The Labute approximate surface area is 221 Å². The molecule has 2 aromatic heterocycles. The lowest BCUT2D eigenvalue weighted by molar-refractivity contribution is 0.0945. The Hall–Kier alpha value is -3.23. The lowest BCUT2D eigenvalue weighted by Crippen LogP contribution is -2.38. The fraction of sp³-hybridized carbons (Fsp3) is 0.429. The van der Waals surface area contributed by atoms with E-state index in [1.807, 2.05) is 6.92 Å². The highest BCUT2D eigenvalue weighted by Gasteiger charge is 2.28. The van der Waals surface area contributed by atoms with Crippen LogP contribution in [0.4, 0.5) is 5.82 Å². The number of ether oxygens (including phenoxy) is 1. The van der Waals surface area contributed by atoms with Crippen LogP contribution < -0.4 is 15.9 Å². The van der Waals surface area contributed by atoms with Gasteiger partial charge < -0.3 is 15.6 Å². The Balaban J connectivity index is 0.00000361. The maximum atomic E-state index is 13.0. The molecular formula is C21H27BrClN9O4. The van der Waals surface area contributed by atoms with Crippen LogP contribution in [0.25, 0.3) is 5.82 Å². The number of phenols is 1. The number of hydrogen-bond acceptors (Lipinski definition) is 11. The van der Waals surface area contributed by atoms with Gasteiger partial charge in [0.1, 0.15) is 0 Å². The average molecular weight is 585 g/mol. The summed E-state index contributed by atoms with van der Waals surface area (Å²) >= 11 is 3.28. The maximum absolute atomic E-state index is 13.0. The van der Waals surface area contributed by atoms with E-state index in [-0.39, 0.29) is 35.5 Å². The molecule has 1 aliphatic heterocycles. The van der Waals surface area contributed by atoms with Gasteiger partial charge in [-0.05, 0) is 77.2 Å². The summed E-state index contributed by atoms with van der Waals surface area (Å²) in [5.41, 5.74) is 9.53. The van der Waals surface area contributed by atoms with Gasteiger partial charge in [0.25, 0.3) is 5.91 Å². The second-order valence-corrected chi connectivity index (χ2v) is 8.92. The molecule has 1 aromatic carbocycles. The van der Waals surface area contributed by atoms with Gasteiger partial charge in [-0.1, -0.05) is 11.6 Å². The standard InChI is InChI=1S/C21H26BrN9O4.ClH/c1-3-34-16-9-13(8-14(22)18(16)32)10-24-26-21(33)17-15(11-30-7-5-4-6-12(30)2)31(29-25-17)20-19(23)27-35-28-20;/h8-10,12,32H,3-7,11H2,1-2H3,(H2,23,27)(H,26,33);1H/b24-10-;. The van der Waals surface area contributed by atoms with Crippen molar-refractivity contribution in [1.29, 1.82) is 0 Å². The van der Waals surface area contributed by atoms with Crippen molar-refractivity contribution in [2.24, 2.45) is 5.10 Å². The molecule has 1 saturated heterocycles. The van der Waals surface area contributed by atoms with Crippen LogP contribution in [0.2, 0.25) is 0 Å². The Bertz CT molecular complexity index is 1230. The van der Waals surface area contributed by atoms with E-state index in [2.05, 4.69) is 58.9 Å². The van der Waals surface area contributed by atoms with Crippen molar-refractivity contribution in [3.05, 3.63) is 33.6 Å². The number of nitrogens with two attached hydrogens (primary N) is 1. The molecule has 4 N–H and O–H groups in total. The second kappa shape index (κ2) is 12.1. The minimum atomic E-state index is -0.551. The number of aromatic hydroxyl groups is 1. The van der Waals surface area contributed by atoms with Gasteiger partial charge in [-0.2, -0.15) is 9.78 Å². The predicted molar refractivity (Wildman–Crippen MR) is 137 cm³/mol. The number of nitrogens with one attached hydrogen (secondary N) is 1. The molecule has 3 heterocycles. The second-order valence-electron chi connectivity index (χ2n) is 8.07. The number of hydrogen-bond donors (Lipinski definition) is 3. The van der Waals surface area contributed by atoms with Crippen LogP contribution in [-0.4, -0.2) is 66.6 Å². The molecule has 1 atom stereocenters. The Morgan fingerprint density at radius 1 is 1.42 bits per heavy atom. The van der Waals surface area contributed by atoms with Crippen molar-refractivity contribution in [3.8, 4) is 17.3 Å². The summed E-state index contributed by atoms with van der Waals surface area (Å²) in [6.45, 7) is 5.64. The minimum Gasteiger partial charge on any atom is -0.503 e. The lowest BCUT2D eigenvalue weighted by atomic mass is 10.0. The Morgan fingerprint density at radius 2 is 2.22 bits per heavy atom. The van der Waals surface area contributed by atoms with E-state index in [1.165, 1.54) is 10.9 Å². The van der Waals surface area contributed by atoms with Crippen LogP contribution in [0, 0.1) is 0 Å². The van der Waals surface area contributed by atoms with Crippen LogP contribution in [0.5, 0.6) is 11.5 Å². The summed E-state index contributed by atoms with van der Waals surface area (Å²) in [6.07, 6.45) is 4.72. The first-order valence-corrected chi connectivity index (χ1v) is 11.9. The zero-order chi connectivity index (χ0) is 24.9. The van der Waals surface area contributed by atoms with Crippen LogP contribution in [-0.2, 0) is 6.54 Å². The van der Waals surface area contributed by atoms with Gasteiger partial charge in [0.05, 0.1) is 23.0 Å². The number of benzene rings is 1. The van der Waals surface area contributed by atoms with Crippen molar-refractivity contribution < 1.29 is 19.3 Å². The molecule has 13 nitrogen and oxygen atoms in total. The lowest BCUT2D eigenvalue weighted by Gasteiger charge is -2.33. The van der Waals surface area contributed by atoms with Gasteiger partial charge >= 0.3 is 0 Å². The van der Waals surface area contributed by atoms with E-state index < -0.39 is 5.91 Å². The number of piperidine rings is 1. The summed E-state index contributed by atoms with van der Waals surface area (Å²) in [5.74, 6) is -0.0600. The molecule has 0 radical (unpaired) electrons. The van der Waals surface area contributed by atoms with Gasteiger partial charge in [-0.25, -0.2) is 10.1 Å². The number of nitrogen functional groups attached to an aromatic ring is 1. The van der Waals surface area contributed by atoms with Crippen LogP contribution in [0.3, 0.4) is 0 Å². The first-order chi connectivity index (χ1) is 16.9. The van der Waals surface area contributed by atoms with Crippen molar-refractivity contribution in [3.63, 3.8) is 0 Å². The number of anilines is 1. The van der Waals surface area contributed by atoms with E-state index in [0.29, 0.717) is 40.7 Å². The number of hydrazone groups is 1. The van der Waals surface area contributed by atoms with E-state index in [4.69, 9.17) is 15.1 Å². The number of likely N-dealkylation sites (tertiary alicyclic amines) is 1. The van der Waals surface area contributed by atoms with Gasteiger partial charge in [0.2, 0.25) is 11.6 Å². The molecule has 0 saturated carbocycles. The first-order valence-electron chi connectivity index (χ1n) is 11.1. The number of rotatable bonds is 8. The number of phenolic OH excluding ortho intramolecular Hbond substituents is 1. The summed E-state index contributed by atoms with van der Waals surface area (Å²) < 4.78 is 11.9. The van der Waals surface area contributed by atoms with E-state index in [0.717, 1.165) is 25.8 Å². The summed E-state index contributed by atoms with van der Waals surface area (Å²) in [4.78, 5) is 15.3. The van der Waals surface area contributed by atoms with Crippen LogP contribution in [0.15, 0.2) is 26.3 Å². The van der Waals surface area contributed by atoms with Crippen molar-refractivity contribution in [2.75, 3.05) is 18.9 Å². The zero-order valence-electron chi connectivity index (χ0n) is 19.7. The van der Waals surface area contributed by atoms with Gasteiger partial charge in [0.15, 0.2) is 17.2 Å². The molecule has 1 unspecified atom stereocenters. The highest BCUT2D eigenvalue weighted by Crippen LogP contribution is 2.35. The van der Waals surface area contributed by atoms with Gasteiger partial charge in [-0.15, -0.1) is 17.5 Å². The molecule has 1 amide bonds. The number of halogens is 2. The van der Waals surface area contributed by atoms with E-state index in [9.17, 15) is 9.90 Å². The smallest absolute Gasteiger partial charge is 0.293 e. The third kappa shape index (κ3) is 5.94. The fourth-order valence-electron chi connectivity index (χ4n) is 3.86. The molecule has 3 aromatic rings. The summed E-state index contributed by atoms with van der Waals surface area (Å²) in [5, 5.41) is 29.7. The zero-order valence-corrected chi connectivity index (χ0v) is 22.1. The van der Waals surface area contributed by atoms with Crippen molar-refractivity contribution >= 4 is 46.3 Å². The molecule has 194 valence electrons. The van der Waals surface area contributed by atoms with E-state index in [1.54, 1.807) is 12.1 Å². The summed E-state index contributed by atoms with van der Waals surface area (Å²) in [6, 6.07) is 3.59. The quantitative estimate of drug-likeness (QED) is 0.264. The number of amides is 1. The SMILES string of the molecule is CCOc1cc(/C=N\NC(=O)c2nnn(-c3nonc3N)c2CN2CCCCC2C)cc(Br)c1O.Cl. The van der Waals surface area contributed by atoms with Crippen molar-refractivity contribution in [2.45, 2.75) is 45.7 Å². The number of aromatic nitrogens is 5. The molecule has 0 spiro atoms. The minimum absolute atomic E-state index is 0. The maximum Gasteiger partial charge on any atom is 0.293 e. The molecule has 0 aliphatic carbocycles. The normalized spacial score (nSPS) is 16.1.